The Morgan fingerprint density at radius 3 is 2.92 bits per heavy atom. The molecule has 0 atom stereocenters. The predicted molar refractivity (Wildman–Crippen MR) is 93.4 cm³/mol. The van der Waals surface area contributed by atoms with Gasteiger partial charge in [0, 0.05) is 16.8 Å². The fourth-order valence-corrected chi connectivity index (χ4v) is 3.08. The number of amides is 1. The van der Waals surface area contributed by atoms with Crippen molar-refractivity contribution in [3.63, 3.8) is 0 Å². The van der Waals surface area contributed by atoms with Crippen molar-refractivity contribution < 1.29 is 9.53 Å². The molecule has 1 aromatic carbocycles. The van der Waals surface area contributed by atoms with Crippen molar-refractivity contribution in [2.45, 2.75) is 13.5 Å². The summed E-state index contributed by atoms with van der Waals surface area (Å²) in [5.41, 5.74) is 0.450. The lowest BCUT2D eigenvalue weighted by Crippen LogP contribution is -2.28. The number of fused-ring (bicyclic) bond motifs is 1. The molecule has 0 aliphatic rings. The zero-order chi connectivity index (χ0) is 17.1. The topological polar surface area (TPSA) is 73.2 Å². The van der Waals surface area contributed by atoms with Gasteiger partial charge in [-0.2, -0.15) is 0 Å². The Bertz CT molecular complexity index is 946. The maximum Gasteiger partial charge on any atom is 0.261 e. The number of thiophene rings is 1. The predicted octanol–water partition coefficient (Wildman–Crippen LogP) is 2.00. The number of aryl methyl sites for hydroxylation is 2. The first-order valence-corrected chi connectivity index (χ1v) is 8.25. The molecule has 6 nitrogen and oxygen atoms in total. The zero-order valence-corrected chi connectivity index (χ0v) is 14.2. The van der Waals surface area contributed by atoms with E-state index in [1.807, 2.05) is 19.1 Å². The number of rotatable bonds is 5. The lowest BCUT2D eigenvalue weighted by atomic mass is 10.2. The first-order valence-electron chi connectivity index (χ1n) is 7.43. The molecule has 24 heavy (non-hydrogen) atoms. The number of carbonyl (C=O) groups is 1. The molecule has 0 unspecified atom stereocenters. The van der Waals surface area contributed by atoms with Crippen LogP contribution in [0.3, 0.4) is 0 Å². The molecule has 1 amide bonds. The van der Waals surface area contributed by atoms with Crippen LogP contribution >= 0.6 is 11.3 Å². The van der Waals surface area contributed by atoms with Gasteiger partial charge >= 0.3 is 0 Å². The summed E-state index contributed by atoms with van der Waals surface area (Å²) in [7, 11) is 1.64. The third kappa shape index (κ3) is 3.62. The highest BCUT2D eigenvalue weighted by molar-refractivity contribution is 7.11. The summed E-state index contributed by atoms with van der Waals surface area (Å²) in [6.45, 7) is 2.41. The van der Waals surface area contributed by atoms with E-state index >= 15 is 0 Å². The largest absolute Gasteiger partial charge is 0.484 e. The van der Waals surface area contributed by atoms with Crippen LogP contribution in [0.5, 0.6) is 5.75 Å². The van der Waals surface area contributed by atoms with E-state index in [-0.39, 0.29) is 18.1 Å². The molecule has 2 aromatic heterocycles. The molecule has 124 valence electrons. The number of hydrogen-bond donors (Lipinski definition) is 1. The van der Waals surface area contributed by atoms with E-state index in [1.54, 1.807) is 36.6 Å². The molecule has 0 saturated heterocycles. The van der Waals surface area contributed by atoms with Gasteiger partial charge in [0.05, 0.1) is 23.8 Å². The number of aromatic nitrogens is 2. The smallest absolute Gasteiger partial charge is 0.261 e. The van der Waals surface area contributed by atoms with Crippen molar-refractivity contribution in [1.82, 2.24) is 14.9 Å². The highest BCUT2D eigenvalue weighted by atomic mass is 32.1. The van der Waals surface area contributed by atoms with Crippen molar-refractivity contribution >= 4 is 28.1 Å². The SMILES string of the molecule is Cc1ccc(CNC(=O)COc2ccc3ncn(C)c(=O)c3c2)s1. The molecular weight excluding hydrogens is 326 g/mol. The van der Waals surface area contributed by atoms with E-state index in [0.717, 1.165) is 4.88 Å². The standard InChI is InChI=1S/C17H17N3O3S/c1-11-3-5-13(24-11)8-18-16(21)9-23-12-4-6-15-14(7-12)17(22)20(2)10-19-15/h3-7,10H,8-9H2,1-2H3,(H,18,21). The number of benzene rings is 1. The zero-order valence-electron chi connectivity index (χ0n) is 13.4. The number of nitrogens with one attached hydrogen (secondary N) is 1. The Labute approximate surface area is 142 Å². The van der Waals surface area contributed by atoms with Crippen LogP contribution in [0.4, 0.5) is 0 Å². The number of nitrogens with zero attached hydrogens (tertiary/aromatic N) is 2. The molecule has 7 heteroatoms. The van der Waals surface area contributed by atoms with Gasteiger partial charge in [-0.25, -0.2) is 4.98 Å². The summed E-state index contributed by atoms with van der Waals surface area (Å²) in [5.74, 6) is 0.259. The van der Waals surface area contributed by atoms with Crippen LogP contribution < -0.4 is 15.6 Å². The van der Waals surface area contributed by atoms with Crippen LogP contribution in [-0.2, 0) is 18.4 Å². The molecule has 0 aliphatic carbocycles. The molecule has 0 saturated carbocycles. The van der Waals surface area contributed by atoms with Crippen LogP contribution in [0.25, 0.3) is 10.9 Å². The molecule has 0 fully saturated rings. The average molecular weight is 343 g/mol. The maximum absolute atomic E-state index is 12.1. The van der Waals surface area contributed by atoms with Gasteiger partial charge in [-0.05, 0) is 37.3 Å². The fraction of sp³-hybridized carbons (Fsp3) is 0.235. The van der Waals surface area contributed by atoms with Crippen molar-refractivity contribution in [2.24, 2.45) is 7.05 Å². The molecular formula is C17H17N3O3S. The molecule has 0 aliphatic heterocycles. The summed E-state index contributed by atoms with van der Waals surface area (Å²) in [6.07, 6.45) is 1.48. The van der Waals surface area contributed by atoms with Crippen molar-refractivity contribution in [2.75, 3.05) is 6.61 Å². The van der Waals surface area contributed by atoms with E-state index in [4.69, 9.17) is 4.74 Å². The number of carbonyl (C=O) groups excluding carboxylic acids is 1. The molecule has 1 N–H and O–H groups in total. The fourth-order valence-electron chi connectivity index (χ4n) is 2.25. The van der Waals surface area contributed by atoms with Gasteiger partial charge < -0.3 is 14.6 Å². The third-order valence-corrected chi connectivity index (χ3v) is 4.52. The lowest BCUT2D eigenvalue weighted by molar-refractivity contribution is -0.123. The van der Waals surface area contributed by atoms with Gasteiger partial charge in [0.2, 0.25) is 0 Å². The Morgan fingerprint density at radius 1 is 1.33 bits per heavy atom. The van der Waals surface area contributed by atoms with E-state index in [9.17, 15) is 9.59 Å². The van der Waals surface area contributed by atoms with Crippen LogP contribution in [0.15, 0.2) is 41.5 Å². The summed E-state index contributed by atoms with van der Waals surface area (Å²) < 4.78 is 6.88. The van der Waals surface area contributed by atoms with Gasteiger partial charge in [-0.15, -0.1) is 11.3 Å². The summed E-state index contributed by atoms with van der Waals surface area (Å²) in [5, 5.41) is 3.27. The van der Waals surface area contributed by atoms with Crippen molar-refractivity contribution in [3.05, 3.63) is 56.8 Å². The van der Waals surface area contributed by atoms with Gasteiger partial charge in [0.25, 0.3) is 11.5 Å². The Hall–Kier alpha value is -2.67. The van der Waals surface area contributed by atoms with E-state index in [2.05, 4.69) is 10.3 Å². The average Bonchev–Trinajstić information content (AvgIpc) is 3.00. The molecule has 0 bridgehead atoms. The van der Waals surface area contributed by atoms with Crippen molar-refractivity contribution in [1.29, 1.82) is 0 Å². The monoisotopic (exact) mass is 343 g/mol. The molecule has 3 rings (SSSR count). The quantitative estimate of drug-likeness (QED) is 0.769. The van der Waals surface area contributed by atoms with Crippen LogP contribution in [-0.4, -0.2) is 22.1 Å². The second kappa shape index (κ2) is 6.84. The van der Waals surface area contributed by atoms with Crippen LogP contribution in [0.2, 0.25) is 0 Å². The van der Waals surface area contributed by atoms with Gasteiger partial charge in [0.15, 0.2) is 6.61 Å². The van der Waals surface area contributed by atoms with E-state index in [1.165, 1.54) is 15.8 Å². The Balaban J connectivity index is 1.61. The normalized spacial score (nSPS) is 10.8. The number of hydrogen-bond acceptors (Lipinski definition) is 5. The summed E-state index contributed by atoms with van der Waals surface area (Å²) in [6, 6.07) is 9.03. The lowest BCUT2D eigenvalue weighted by Gasteiger charge is -2.08. The van der Waals surface area contributed by atoms with Gasteiger partial charge in [-0.1, -0.05) is 0 Å². The second-order valence-electron chi connectivity index (χ2n) is 5.42. The Morgan fingerprint density at radius 2 is 2.17 bits per heavy atom. The Kier molecular flexibility index (Phi) is 4.61. The van der Waals surface area contributed by atoms with Gasteiger partial charge in [-0.3, -0.25) is 9.59 Å². The van der Waals surface area contributed by atoms with Crippen molar-refractivity contribution in [3.8, 4) is 5.75 Å². The van der Waals surface area contributed by atoms with Crippen LogP contribution in [0, 0.1) is 6.92 Å². The minimum Gasteiger partial charge on any atom is -0.484 e. The summed E-state index contributed by atoms with van der Waals surface area (Å²) in [4.78, 5) is 30.4. The second-order valence-corrected chi connectivity index (χ2v) is 6.79. The first kappa shape index (κ1) is 16.2. The minimum atomic E-state index is -0.208. The summed E-state index contributed by atoms with van der Waals surface area (Å²) >= 11 is 1.65. The molecule has 3 aromatic rings. The maximum atomic E-state index is 12.1. The first-order chi connectivity index (χ1) is 11.5. The van der Waals surface area contributed by atoms with Gasteiger partial charge in [0.1, 0.15) is 5.75 Å². The molecule has 0 spiro atoms. The molecule has 0 radical (unpaired) electrons. The highest BCUT2D eigenvalue weighted by Gasteiger charge is 2.07. The highest BCUT2D eigenvalue weighted by Crippen LogP contribution is 2.17. The van der Waals surface area contributed by atoms with E-state index in [0.29, 0.717) is 23.2 Å². The number of ether oxygens (including phenoxy) is 1. The van der Waals surface area contributed by atoms with E-state index < -0.39 is 0 Å². The minimum absolute atomic E-state index is 0.101. The third-order valence-electron chi connectivity index (χ3n) is 3.51. The molecule has 2 heterocycles. The van der Waals surface area contributed by atoms with Crippen LogP contribution in [0.1, 0.15) is 9.75 Å².